The van der Waals surface area contributed by atoms with E-state index in [1.54, 1.807) is 16.7 Å². The zero-order chi connectivity index (χ0) is 25.1. The molecule has 0 radical (unpaired) electrons. The molecule has 1 aliphatic rings. The Morgan fingerprint density at radius 2 is 2.03 bits per heavy atom. The molecule has 1 N–H and O–H groups in total. The van der Waals surface area contributed by atoms with Crippen LogP contribution >= 0.6 is 0 Å². The summed E-state index contributed by atoms with van der Waals surface area (Å²) in [5.74, 6) is 0.690. The fourth-order valence-corrected chi connectivity index (χ4v) is 5.85. The second kappa shape index (κ2) is 10.7. The number of hydrogen-bond acceptors (Lipinski definition) is 7. The molecule has 35 heavy (non-hydrogen) atoms. The number of anilines is 1. The molecule has 3 aromatic heterocycles. The van der Waals surface area contributed by atoms with Gasteiger partial charge >= 0.3 is 0 Å². The highest BCUT2D eigenvalue weighted by Gasteiger charge is 2.25. The quantitative estimate of drug-likeness (QED) is 0.338. The monoisotopic (exact) mass is 516 g/mol. The SMILES string of the molecule is C[Si](C)(C)CCOCn1ccc2nc(-c3cccnc3NC3CCCCN(S(C)(=O)=O)C3)cnc21. The van der Waals surface area contributed by atoms with Crippen LogP contribution in [0.4, 0.5) is 5.82 Å². The Morgan fingerprint density at radius 1 is 1.20 bits per heavy atom. The number of hydrogen-bond donors (Lipinski definition) is 1. The molecule has 1 unspecified atom stereocenters. The van der Waals surface area contributed by atoms with Gasteiger partial charge in [-0.15, -0.1) is 0 Å². The zero-order valence-electron chi connectivity index (χ0n) is 21.1. The number of aromatic nitrogens is 4. The maximum atomic E-state index is 12.1. The predicted octanol–water partition coefficient (Wildman–Crippen LogP) is 4.03. The van der Waals surface area contributed by atoms with E-state index in [2.05, 4.69) is 34.9 Å². The van der Waals surface area contributed by atoms with E-state index < -0.39 is 18.1 Å². The second-order valence-electron chi connectivity index (χ2n) is 10.5. The Balaban J connectivity index is 1.51. The summed E-state index contributed by atoms with van der Waals surface area (Å²) < 4.78 is 33.7. The van der Waals surface area contributed by atoms with Gasteiger partial charge < -0.3 is 14.6 Å². The van der Waals surface area contributed by atoms with Crippen LogP contribution < -0.4 is 5.32 Å². The van der Waals surface area contributed by atoms with Crippen molar-refractivity contribution in [1.29, 1.82) is 0 Å². The smallest absolute Gasteiger partial charge is 0.211 e. The predicted molar refractivity (Wildman–Crippen MR) is 143 cm³/mol. The van der Waals surface area contributed by atoms with Crippen molar-refractivity contribution in [3.8, 4) is 11.3 Å². The first kappa shape index (κ1) is 25.7. The van der Waals surface area contributed by atoms with E-state index in [9.17, 15) is 8.42 Å². The summed E-state index contributed by atoms with van der Waals surface area (Å²) in [6.45, 7) is 9.23. The Bertz CT molecular complexity index is 1260. The van der Waals surface area contributed by atoms with Crippen LogP contribution in [0.3, 0.4) is 0 Å². The van der Waals surface area contributed by atoms with Crippen LogP contribution in [0.5, 0.6) is 0 Å². The molecule has 4 heterocycles. The minimum atomic E-state index is -3.23. The van der Waals surface area contributed by atoms with Gasteiger partial charge in [-0.25, -0.2) is 27.7 Å². The van der Waals surface area contributed by atoms with E-state index in [-0.39, 0.29) is 6.04 Å². The van der Waals surface area contributed by atoms with Crippen LogP contribution in [0.15, 0.2) is 36.8 Å². The summed E-state index contributed by atoms with van der Waals surface area (Å²) in [6.07, 6.45) is 9.43. The maximum absolute atomic E-state index is 12.1. The zero-order valence-corrected chi connectivity index (χ0v) is 22.9. The molecule has 0 bridgehead atoms. The van der Waals surface area contributed by atoms with Crippen LogP contribution in [-0.4, -0.2) is 72.3 Å². The summed E-state index contributed by atoms with van der Waals surface area (Å²) in [4.78, 5) is 14.1. The molecular weight excluding hydrogens is 480 g/mol. The number of sulfonamides is 1. The van der Waals surface area contributed by atoms with Crippen LogP contribution in [0.2, 0.25) is 25.7 Å². The fourth-order valence-electron chi connectivity index (χ4n) is 4.18. The fraction of sp³-hybridized carbons (Fsp3) is 0.542. The average Bonchev–Trinajstić information content (AvgIpc) is 3.03. The van der Waals surface area contributed by atoms with Crippen LogP contribution in [0, 0.1) is 0 Å². The summed E-state index contributed by atoms with van der Waals surface area (Å²) >= 11 is 0. The topological polar surface area (TPSA) is 102 Å². The Morgan fingerprint density at radius 3 is 2.80 bits per heavy atom. The molecule has 0 aromatic carbocycles. The molecule has 0 aliphatic carbocycles. The lowest BCUT2D eigenvalue weighted by Gasteiger charge is -2.24. The van der Waals surface area contributed by atoms with Gasteiger partial charge in [-0.1, -0.05) is 26.1 Å². The molecule has 9 nitrogen and oxygen atoms in total. The Labute approximate surface area is 209 Å². The van der Waals surface area contributed by atoms with Gasteiger partial charge in [0.05, 0.1) is 18.1 Å². The van der Waals surface area contributed by atoms with Gasteiger partial charge in [0.15, 0.2) is 5.65 Å². The van der Waals surface area contributed by atoms with Crippen molar-refractivity contribution < 1.29 is 13.2 Å². The summed E-state index contributed by atoms with van der Waals surface area (Å²) in [5.41, 5.74) is 3.15. The molecule has 190 valence electrons. The highest BCUT2D eigenvalue weighted by Crippen LogP contribution is 2.27. The molecule has 1 atom stereocenters. The van der Waals surface area contributed by atoms with Crippen molar-refractivity contribution in [2.24, 2.45) is 0 Å². The standard InChI is InChI=1S/C24H36N6O3SSi/c1-34(31,32)30-12-6-5-8-19(17-30)27-23-20(9-7-11-25-23)22-16-26-24-21(28-22)10-13-29(24)18-33-14-15-35(2,3)4/h7,9-11,13,16,19H,5-6,8,12,14-15,17-18H2,1-4H3,(H,25,27). The van der Waals surface area contributed by atoms with E-state index in [1.165, 1.54) is 6.26 Å². The Kier molecular flexibility index (Phi) is 7.89. The highest BCUT2D eigenvalue weighted by molar-refractivity contribution is 7.88. The van der Waals surface area contributed by atoms with Crippen LogP contribution in [0.1, 0.15) is 19.3 Å². The first-order valence-electron chi connectivity index (χ1n) is 12.2. The minimum Gasteiger partial charge on any atom is -0.365 e. The first-order chi connectivity index (χ1) is 16.6. The average molecular weight is 517 g/mol. The lowest BCUT2D eigenvalue weighted by molar-refractivity contribution is 0.0899. The van der Waals surface area contributed by atoms with Gasteiger partial charge in [0.1, 0.15) is 18.1 Å². The van der Waals surface area contributed by atoms with Crippen LogP contribution in [0.25, 0.3) is 22.4 Å². The summed E-state index contributed by atoms with van der Waals surface area (Å²) in [6, 6.07) is 6.90. The number of fused-ring (bicyclic) bond motifs is 1. The lowest BCUT2D eigenvalue weighted by atomic mass is 10.1. The third-order valence-electron chi connectivity index (χ3n) is 6.22. The molecular formula is C24H36N6O3SSi. The lowest BCUT2D eigenvalue weighted by Crippen LogP contribution is -2.38. The van der Waals surface area contributed by atoms with E-state index in [0.29, 0.717) is 25.6 Å². The van der Waals surface area contributed by atoms with Gasteiger partial charge in [-0.05, 0) is 37.1 Å². The third kappa shape index (κ3) is 6.87. The number of pyridine rings is 1. The van der Waals surface area contributed by atoms with Gasteiger partial charge in [0.2, 0.25) is 10.0 Å². The summed E-state index contributed by atoms with van der Waals surface area (Å²) in [7, 11) is -4.36. The van der Waals surface area contributed by atoms with Crippen molar-refractivity contribution in [2.45, 2.75) is 57.7 Å². The van der Waals surface area contributed by atoms with Crippen molar-refractivity contribution in [3.05, 3.63) is 36.8 Å². The van der Waals surface area contributed by atoms with Crippen molar-refractivity contribution in [3.63, 3.8) is 0 Å². The first-order valence-corrected chi connectivity index (χ1v) is 17.7. The minimum absolute atomic E-state index is 0.0213. The van der Waals surface area contributed by atoms with E-state index >= 15 is 0 Å². The number of nitrogens with one attached hydrogen (secondary N) is 1. The van der Waals surface area contributed by atoms with Gasteiger partial charge in [-0.2, -0.15) is 0 Å². The molecule has 0 amide bonds. The van der Waals surface area contributed by atoms with Crippen molar-refractivity contribution in [1.82, 2.24) is 23.8 Å². The van der Waals surface area contributed by atoms with Crippen molar-refractivity contribution in [2.75, 3.05) is 31.3 Å². The molecule has 4 rings (SSSR count). The Hall–Kier alpha value is -2.34. The third-order valence-corrected chi connectivity index (χ3v) is 9.19. The van der Waals surface area contributed by atoms with Crippen LogP contribution in [-0.2, 0) is 21.5 Å². The van der Waals surface area contributed by atoms with E-state index in [0.717, 1.165) is 54.3 Å². The molecule has 3 aromatic rings. The second-order valence-corrected chi connectivity index (χ2v) is 18.1. The molecule has 0 spiro atoms. The largest absolute Gasteiger partial charge is 0.365 e. The molecule has 1 aliphatic heterocycles. The molecule has 0 saturated carbocycles. The maximum Gasteiger partial charge on any atom is 0.211 e. The number of rotatable bonds is 9. The van der Waals surface area contributed by atoms with E-state index in [1.807, 2.05) is 29.0 Å². The summed E-state index contributed by atoms with van der Waals surface area (Å²) in [5, 5.41) is 3.48. The van der Waals surface area contributed by atoms with Gasteiger partial charge in [0, 0.05) is 51.8 Å². The van der Waals surface area contributed by atoms with Gasteiger partial charge in [0.25, 0.3) is 0 Å². The molecule has 1 saturated heterocycles. The number of ether oxygens (including phenoxy) is 1. The molecule has 11 heteroatoms. The highest BCUT2D eigenvalue weighted by atomic mass is 32.2. The number of nitrogens with zero attached hydrogens (tertiary/aromatic N) is 5. The van der Waals surface area contributed by atoms with Gasteiger partial charge in [-0.3, -0.25) is 0 Å². The van der Waals surface area contributed by atoms with Crippen molar-refractivity contribution >= 4 is 35.1 Å². The normalized spacial score (nSPS) is 18.0. The van der Waals surface area contributed by atoms with E-state index in [4.69, 9.17) is 9.72 Å². The molecule has 1 fully saturated rings.